The highest BCUT2D eigenvalue weighted by molar-refractivity contribution is 6.03. The monoisotopic (exact) mass is 254 g/mol. The largest absolute Gasteiger partial charge is 0.494 e. The van der Waals surface area contributed by atoms with Crippen LogP contribution in [0.3, 0.4) is 0 Å². The molecule has 5 heteroatoms. The van der Waals surface area contributed by atoms with Gasteiger partial charge in [0.1, 0.15) is 11.7 Å². The minimum Gasteiger partial charge on any atom is -0.494 e. The first kappa shape index (κ1) is 14.2. The van der Waals surface area contributed by atoms with Gasteiger partial charge in [-0.05, 0) is 19.9 Å². The molecule has 1 aromatic carbocycles. The molecule has 0 spiro atoms. The first-order valence-corrected chi connectivity index (χ1v) is 5.52. The van der Waals surface area contributed by atoms with Crippen LogP contribution < -0.4 is 4.74 Å². The second kappa shape index (κ2) is 6.14. The van der Waals surface area contributed by atoms with Crippen molar-refractivity contribution in [2.45, 2.75) is 19.8 Å². The Morgan fingerprint density at radius 3 is 2.56 bits per heavy atom. The van der Waals surface area contributed by atoms with E-state index in [4.69, 9.17) is 9.47 Å². The smallest absolute Gasteiger partial charge is 0.321 e. The van der Waals surface area contributed by atoms with Gasteiger partial charge in [-0.3, -0.25) is 9.59 Å². The van der Waals surface area contributed by atoms with Crippen molar-refractivity contribution in [1.29, 1.82) is 0 Å². The van der Waals surface area contributed by atoms with E-state index in [1.54, 1.807) is 6.92 Å². The second-order valence-electron chi connectivity index (χ2n) is 3.66. The Morgan fingerprint density at radius 2 is 2.06 bits per heavy atom. The molecule has 0 radical (unpaired) electrons. The zero-order valence-electron chi connectivity index (χ0n) is 10.5. The van der Waals surface area contributed by atoms with Crippen LogP contribution in [0.25, 0.3) is 0 Å². The van der Waals surface area contributed by atoms with Crippen molar-refractivity contribution in [3.8, 4) is 5.75 Å². The molecule has 0 amide bonds. The van der Waals surface area contributed by atoms with Crippen molar-refractivity contribution in [1.82, 2.24) is 0 Å². The number of methoxy groups -OCH3 is 1. The van der Waals surface area contributed by atoms with Crippen molar-refractivity contribution in [3.05, 3.63) is 29.6 Å². The van der Waals surface area contributed by atoms with Gasteiger partial charge in [0.2, 0.25) is 0 Å². The third-order valence-corrected chi connectivity index (χ3v) is 2.45. The predicted octanol–water partition coefficient (Wildman–Crippen LogP) is 2.07. The van der Waals surface area contributed by atoms with Crippen LogP contribution in [0, 0.1) is 5.82 Å². The Kier molecular flexibility index (Phi) is 4.83. The second-order valence-corrected chi connectivity index (χ2v) is 3.66. The maximum absolute atomic E-state index is 14.0. The van der Waals surface area contributed by atoms with E-state index in [9.17, 15) is 14.0 Å². The van der Waals surface area contributed by atoms with Crippen molar-refractivity contribution < 1.29 is 23.5 Å². The molecule has 0 saturated carbocycles. The highest BCUT2D eigenvalue weighted by Crippen LogP contribution is 2.27. The summed E-state index contributed by atoms with van der Waals surface area (Å²) in [5.74, 6) is -3.20. The van der Waals surface area contributed by atoms with Gasteiger partial charge in [-0.15, -0.1) is 0 Å². The van der Waals surface area contributed by atoms with Gasteiger partial charge in [-0.1, -0.05) is 12.1 Å². The molecule has 1 aromatic rings. The highest BCUT2D eigenvalue weighted by atomic mass is 19.1. The summed E-state index contributed by atoms with van der Waals surface area (Å²) in [6, 6.07) is 4.31. The average molecular weight is 254 g/mol. The van der Waals surface area contributed by atoms with Crippen LogP contribution in [0.1, 0.15) is 25.3 Å². The molecular weight excluding hydrogens is 239 g/mol. The molecule has 0 saturated heterocycles. The summed E-state index contributed by atoms with van der Waals surface area (Å²) in [5.41, 5.74) is -0.0275. The molecular formula is C13H15FO4. The SMILES string of the molecule is CCOC(=O)C(C(C)=O)c1cccc(OC)c1F. The summed E-state index contributed by atoms with van der Waals surface area (Å²) >= 11 is 0. The Labute approximate surface area is 105 Å². The summed E-state index contributed by atoms with van der Waals surface area (Å²) in [6.07, 6.45) is 0. The molecule has 0 aliphatic carbocycles. The Balaban J connectivity index is 3.22. The zero-order chi connectivity index (χ0) is 13.7. The average Bonchev–Trinajstić information content (AvgIpc) is 2.31. The first-order valence-electron chi connectivity index (χ1n) is 5.52. The van der Waals surface area contributed by atoms with Gasteiger partial charge in [0.15, 0.2) is 11.6 Å². The van der Waals surface area contributed by atoms with E-state index in [1.165, 1.54) is 32.2 Å². The van der Waals surface area contributed by atoms with E-state index >= 15 is 0 Å². The third kappa shape index (κ3) is 2.85. The Bertz CT molecular complexity index is 456. The summed E-state index contributed by atoms with van der Waals surface area (Å²) in [4.78, 5) is 23.2. The van der Waals surface area contributed by atoms with Crippen molar-refractivity contribution in [2.75, 3.05) is 13.7 Å². The summed E-state index contributed by atoms with van der Waals surface area (Å²) < 4.78 is 23.6. The fraction of sp³-hybridized carbons (Fsp3) is 0.385. The maximum Gasteiger partial charge on any atom is 0.321 e. The van der Waals surface area contributed by atoms with E-state index in [1.807, 2.05) is 0 Å². The number of carbonyl (C=O) groups is 2. The minimum absolute atomic E-state index is 0.0111. The van der Waals surface area contributed by atoms with Gasteiger partial charge in [0.25, 0.3) is 0 Å². The van der Waals surface area contributed by atoms with Crippen LogP contribution in [0.5, 0.6) is 5.75 Å². The first-order chi connectivity index (χ1) is 8.52. The number of hydrogen-bond acceptors (Lipinski definition) is 4. The van der Waals surface area contributed by atoms with Crippen LogP contribution in [0.2, 0.25) is 0 Å². The third-order valence-electron chi connectivity index (χ3n) is 2.45. The maximum atomic E-state index is 14.0. The van der Waals surface area contributed by atoms with Crippen LogP contribution in [-0.2, 0) is 14.3 Å². The molecule has 18 heavy (non-hydrogen) atoms. The molecule has 1 atom stereocenters. The number of ketones is 1. The molecule has 0 aromatic heterocycles. The lowest BCUT2D eigenvalue weighted by molar-refractivity contribution is -0.147. The fourth-order valence-corrected chi connectivity index (χ4v) is 1.65. The van der Waals surface area contributed by atoms with Gasteiger partial charge < -0.3 is 9.47 Å². The zero-order valence-corrected chi connectivity index (χ0v) is 10.5. The Hall–Kier alpha value is -1.91. The van der Waals surface area contributed by atoms with Crippen molar-refractivity contribution >= 4 is 11.8 Å². The van der Waals surface area contributed by atoms with Crippen molar-refractivity contribution in [2.24, 2.45) is 0 Å². The quantitative estimate of drug-likeness (QED) is 0.596. The van der Waals surface area contributed by atoms with Gasteiger partial charge >= 0.3 is 5.97 Å². The molecule has 98 valence electrons. The van der Waals surface area contributed by atoms with Crippen LogP contribution in [-0.4, -0.2) is 25.5 Å². The van der Waals surface area contributed by atoms with Gasteiger partial charge in [0.05, 0.1) is 13.7 Å². The van der Waals surface area contributed by atoms with Crippen LogP contribution in [0.15, 0.2) is 18.2 Å². The van der Waals surface area contributed by atoms with Crippen LogP contribution >= 0.6 is 0 Å². The number of Topliss-reactive ketones (excluding diaryl/α,β-unsaturated/α-hetero) is 1. The number of rotatable bonds is 5. The molecule has 0 bridgehead atoms. The molecule has 0 fully saturated rings. The molecule has 0 N–H and O–H groups in total. The number of esters is 1. The topological polar surface area (TPSA) is 52.6 Å². The van der Waals surface area contributed by atoms with Crippen molar-refractivity contribution in [3.63, 3.8) is 0 Å². The Morgan fingerprint density at radius 1 is 1.39 bits per heavy atom. The van der Waals surface area contributed by atoms with Gasteiger partial charge in [-0.25, -0.2) is 4.39 Å². The number of benzene rings is 1. The lowest BCUT2D eigenvalue weighted by Gasteiger charge is -2.15. The van der Waals surface area contributed by atoms with E-state index in [-0.39, 0.29) is 17.9 Å². The number of hydrogen-bond donors (Lipinski definition) is 0. The molecule has 0 heterocycles. The number of halogens is 1. The lowest BCUT2D eigenvalue weighted by atomic mass is 9.94. The normalized spacial score (nSPS) is 11.8. The molecule has 0 aliphatic heterocycles. The number of ether oxygens (including phenoxy) is 2. The minimum atomic E-state index is -1.25. The molecule has 4 nitrogen and oxygen atoms in total. The van der Waals surface area contributed by atoms with Crippen LogP contribution in [0.4, 0.5) is 4.39 Å². The van der Waals surface area contributed by atoms with Gasteiger partial charge in [-0.2, -0.15) is 0 Å². The summed E-state index contributed by atoms with van der Waals surface area (Å²) in [7, 11) is 1.31. The fourth-order valence-electron chi connectivity index (χ4n) is 1.65. The van der Waals surface area contributed by atoms with E-state index in [0.717, 1.165) is 0 Å². The number of carbonyl (C=O) groups excluding carboxylic acids is 2. The van der Waals surface area contributed by atoms with E-state index < -0.39 is 23.5 Å². The molecule has 1 rings (SSSR count). The van der Waals surface area contributed by atoms with E-state index in [0.29, 0.717) is 0 Å². The predicted molar refractivity (Wildman–Crippen MR) is 63.0 cm³/mol. The molecule has 1 unspecified atom stereocenters. The standard InChI is InChI=1S/C13H15FO4/c1-4-18-13(16)11(8(2)15)9-6-5-7-10(17-3)12(9)14/h5-7,11H,4H2,1-3H3. The van der Waals surface area contributed by atoms with E-state index in [2.05, 4.69) is 0 Å². The summed E-state index contributed by atoms with van der Waals surface area (Å²) in [5, 5.41) is 0. The van der Waals surface area contributed by atoms with Gasteiger partial charge in [0, 0.05) is 5.56 Å². The highest BCUT2D eigenvalue weighted by Gasteiger charge is 2.30. The lowest BCUT2D eigenvalue weighted by Crippen LogP contribution is -2.23. The summed E-state index contributed by atoms with van der Waals surface area (Å²) in [6.45, 7) is 2.98. The molecule has 0 aliphatic rings.